The molecule has 1 aromatic rings. The largest absolute Gasteiger partial charge is 0.343 e. The van der Waals surface area contributed by atoms with Crippen LogP contribution in [0.4, 0.5) is 0 Å². The van der Waals surface area contributed by atoms with Crippen LogP contribution in [-0.2, 0) is 21.2 Å². The van der Waals surface area contributed by atoms with Gasteiger partial charge in [0.15, 0.2) is 0 Å². The van der Waals surface area contributed by atoms with Gasteiger partial charge in [-0.2, -0.15) is 4.31 Å². The predicted molar refractivity (Wildman–Crippen MR) is 90.7 cm³/mol. The second-order valence-electron chi connectivity index (χ2n) is 5.82. The summed E-state index contributed by atoms with van der Waals surface area (Å²) in [5.74, 6) is 0.197. The fourth-order valence-corrected chi connectivity index (χ4v) is 4.37. The van der Waals surface area contributed by atoms with Crippen LogP contribution in [-0.4, -0.2) is 49.7 Å². The lowest BCUT2D eigenvalue weighted by molar-refractivity contribution is -0.130. The summed E-state index contributed by atoms with van der Waals surface area (Å²) in [5.41, 5.74) is 0.996. The quantitative estimate of drug-likeness (QED) is 0.766. The average Bonchev–Trinajstić information content (AvgIpc) is 3.08. The number of sulfonamides is 1. The molecule has 6 heteroatoms. The number of carbonyl (C=O) groups is 1. The first-order valence-corrected chi connectivity index (χ1v) is 9.80. The summed E-state index contributed by atoms with van der Waals surface area (Å²) in [6.45, 7) is 6.34. The number of aryl methyl sites for hydroxylation is 1. The molecule has 0 bridgehead atoms. The molecule has 1 saturated heterocycles. The van der Waals surface area contributed by atoms with Crippen LogP contribution in [0.1, 0.15) is 38.7 Å². The van der Waals surface area contributed by atoms with Crippen molar-refractivity contribution in [3.8, 4) is 0 Å². The minimum absolute atomic E-state index is 0.197. The first kappa shape index (κ1) is 17.9. The van der Waals surface area contributed by atoms with E-state index < -0.39 is 10.0 Å². The molecular formula is C17H26N2O3S. The van der Waals surface area contributed by atoms with Gasteiger partial charge < -0.3 is 4.90 Å². The van der Waals surface area contributed by atoms with Gasteiger partial charge in [0.25, 0.3) is 0 Å². The van der Waals surface area contributed by atoms with Crippen molar-refractivity contribution < 1.29 is 13.2 Å². The van der Waals surface area contributed by atoms with Crippen LogP contribution >= 0.6 is 0 Å². The minimum Gasteiger partial charge on any atom is -0.343 e. The molecule has 0 aliphatic carbocycles. The van der Waals surface area contributed by atoms with Gasteiger partial charge >= 0.3 is 0 Å². The SMILES string of the molecule is CCN(CC)S(=O)(=O)c1ccc(CCC(=O)N2CCCC2)cc1. The molecule has 0 N–H and O–H groups in total. The van der Waals surface area contributed by atoms with E-state index >= 15 is 0 Å². The zero-order chi connectivity index (χ0) is 16.9. The number of nitrogens with zero attached hydrogens (tertiary/aromatic N) is 2. The van der Waals surface area contributed by atoms with Crippen LogP contribution < -0.4 is 0 Å². The topological polar surface area (TPSA) is 57.7 Å². The number of amides is 1. The molecule has 1 aromatic carbocycles. The van der Waals surface area contributed by atoms with Crippen molar-refractivity contribution in [3.05, 3.63) is 29.8 Å². The van der Waals surface area contributed by atoms with Gasteiger partial charge in [-0.1, -0.05) is 26.0 Å². The molecule has 0 atom stereocenters. The Bertz CT molecular complexity index is 616. The van der Waals surface area contributed by atoms with Crippen molar-refractivity contribution in [1.82, 2.24) is 9.21 Å². The van der Waals surface area contributed by atoms with Crippen molar-refractivity contribution in [2.75, 3.05) is 26.2 Å². The van der Waals surface area contributed by atoms with Crippen LogP contribution in [0, 0.1) is 0 Å². The number of likely N-dealkylation sites (tertiary alicyclic amines) is 1. The monoisotopic (exact) mass is 338 g/mol. The molecule has 5 nitrogen and oxygen atoms in total. The maximum atomic E-state index is 12.4. The third-order valence-electron chi connectivity index (χ3n) is 4.35. The molecule has 23 heavy (non-hydrogen) atoms. The Kier molecular flexibility index (Phi) is 6.18. The first-order chi connectivity index (χ1) is 11.0. The molecular weight excluding hydrogens is 312 g/mol. The Morgan fingerprint density at radius 3 is 2.17 bits per heavy atom. The number of hydrogen-bond donors (Lipinski definition) is 0. The van der Waals surface area contributed by atoms with Crippen molar-refractivity contribution in [2.45, 2.75) is 44.4 Å². The molecule has 0 aromatic heterocycles. The lowest BCUT2D eigenvalue weighted by Crippen LogP contribution is -2.30. The lowest BCUT2D eigenvalue weighted by atomic mass is 10.1. The van der Waals surface area contributed by atoms with Gasteiger partial charge in [-0.15, -0.1) is 0 Å². The molecule has 1 heterocycles. The van der Waals surface area contributed by atoms with Gasteiger partial charge in [-0.3, -0.25) is 4.79 Å². The van der Waals surface area contributed by atoms with Gasteiger partial charge in [-0.05, 0) is 37.0 Å². The number of rotatable bonds is 7. The Balaban J connectivity index is 1.98. The van der Waals surface area contributed by atoms with Crippen LogP contribution in [0.2, 0.25) is 0 Å². The molecule has 1 fully saturated rings. The van der Waals surface area contributed by atoms with E-state index in [0.717, 1.165) is 31.5 Å². The van der Waals surface area contributed by atoms with E-state index in [-0.39, 0.29) is 5.91 Å². The summed E-state index contributed by atoms with van der Waals surface area (Å²) < 4.78 is 26.3. The first-order valence-electron chi connectivity index (χ1n) is 8.36. The maximum absolute atomic E-state index is 12.4. The highest BCUT2D eigenvalue weighted by molar-refractivity contribution is 7.89. The van der Waals surface area contributed by atoms with Crippen LogP contribution in [0.3, 0.4) is 0 Å². The molecule has 2 rings (SSSR count). The summed E-state index contributed by atoms with van der Waals surface area (Å²) in [6.07, 6.45) is 3.34. The maximum Gasteiger partial charge on any atom is 0.243 e. The van der Waals surface area contributed by atoms with Crippen LogP contribution in [0.5, 0.6) is 0 Å². The summed E-state index contributed by atoms with van der Waals surface area (Å²) in [5, 5.41) is 0. The predicted octanol–water partition coefficient (Wildman–Crippen LogP) is 2.27. The highest BCUT2D eigenvalue weighted by Gasteiger charge is 2.21. The van der Waals surface area contributed by atoms with Gasteiger partial charge in [0.05, 0.1) is 4.90 Å². The lowest BCUT2D eigenvalue weighted by Gasteiger charge is -2.18. The Labute approximate surface area is 139 Å². The van der Waals surface area contributed by atoms with Crippen molar-refractivity contribution in [1.29, 1.82) is 0 Å². The van der Waals surface area contributed by atoms with E-state index in [0.29, 0.717) is 30.8 Å². The van der Waals surface area contributed by atoms with Gasteiger partial charge in [0.2, 0.25) is 15.9 Å². The fraction of sp³-hybridized carbons (Fsp3) is 0.588. The van der Waals surface area contributed by atoms with Crippen LogP contribution in [0.15, 0.2) is 29.2 Å². The smallest absolute Gasteiger partial charge is 0.243 e. The van der Waals surface area contributed by atoms with E-state index in [1.165, 1.54) is 4.31 Å². The van der Waals surface area contributed by atoms with E-state index in [4.69, 9.17) is 0 Å². The van der Waals surface area contributed by atoms with Crippen molar-refractivity contribution >= 4 is 15.9 Å². The summed E-state index contributed by atoms with van der Waals surface area (Å²) >= 11 is 0. The second-order valence-corrected chi connectivity index (χ2v) is 7.76. The fourth-order valence-electron chi connectivity index (χ4n) is 2.92. The number of benzene rings is 1. The van der Waals surface area contributed by atoms with E-state index in [1.807, 2.05) is 30.9 Å². The third kappa shape index (κ3) is 4.32. The molecule has 0 unspecified atom stereocenters. The summed E-state index contributed by atoms with van der Waals surface area (Å²) in [4.78, 5) is 14.3. The molecule has 0 spiro atoms. The average molecular weight is 338 g/mol. The molecule has 128 valence electrons. The Morgan fingerprint density at radius 2 is 1.65 bits per heavy atom. The molecule has 1 aliphatic rings. The summed E-state index contributed by atoms with van der Waals surface area (Å²) in [6, 6.07) is 6.91. The Morgan fingerprint density at radius 1 is 1.09 bits per heavy atom. The standard InChI is InChI=1S/C17H26N2O3S/c1-3-19(4-2)23(21,22)16-10-7-15(8-11-16)9-12-17(20)18-13-5-6-14-18/h7-8,10-11H,3-6,9,12-14H2,1-2H3. The van der Waals surface area contributed by atoms with Crippen molar-refractivity contribution in [3.63, 3.8) is 0 Å². The highest BCUT2D eigenvalue weighted by Crippen LogP contribution is 2.17. The van der Waals surface area contributed by atoms with Crippen molar-refractivity contribution in [2.24, 2.45) is 0 Å². The van der Waals surface area contributed by atoms with Crippen LogP contribution in [0.25, 0.3) is 0 Å². The normalized spacial score (nSPS) is 15.3. The van der Waals surface area contributed by atoms with E-state index in [2.05, 4.69) is 0 Å². The second kappa shape index (κ2) is 7.93. The molecule has 1 amide bonds. The van der Waals surface area contributed by atoms with Gasteiger partial charge in [-0.25, -0.2) is 8.42 Å². The number of hydrogen-bond acceptors (Lipinski definition) is 3. The zero-order valence-electron chi connectivity index (χ0n) is 14.0. The van der Waals surface area contributed by atoms with Gasteiger partial charge in [0.1, 0.15) is 0 Å². The highest BCUT2D eigenvalue weighted by atomic mass is 32.2. The zero-order valence-corrected chi connectivity index (χ0v) is 14.8. The number of carbonyl (C=O) groups excluding carboxylic acids is 1. The van der Waals surface area contributed by atoms with E-state index in [9.17, 15) is 13.2 Å². The molecule has 0 radical (unpaired) electrons. The summed E-state index contributed by atoms with van der Waals surface area (Å²) in [7, 11) is -3.40. The molecule has 1 aliphatic heterocycles. The minimum atomic E-state index is -3.40. The Hall–Kier alpha value is -1.40. The van der Waals surface area contributed by atoms with E-state index in [1.54, 1.807) is 12.1 Å². The molecule has 0 saturated carbocycles. The third-order valence-corrected chi connectivity index (χ3v) is 6.42. The van der Waals surface area contributed by atoms with Gasteiger partial charge in [0, 0.05) is 32.6 Å².